The minimum Gasteiger partial charge on any atom is -0.493 e. The van der Waals surface area contributed by atoms with Gasteiger partial charge in [-0.15, -0.1) is 0 Å². The highest BCUT2D eigenvalue weighted by Crippen LogP contribution is 2.60. The minimum absolute atomic E-state index is 0.166. The molecule has 1 heterocycles. The summed E-state index contributed by atoms with van der Waals surface area (Å²) in [6.07, 6.45) is 6.06. The Morgan fingerprint density at radius 3 is 2.60 bits per heavy atom. The third kappa shape index (κ3) is 2.29. The van der Waals surface area contributed by atoms with Crippen LogP contribution in [0.1, 0.15) is 57.8 Å². The van der Waals surface area contributed by atoms with Gasteiger partial charge in [0.2, 0.25) is 0 Å². The molecule has 1 aromatic heterocycles. The third-order valence-electron chi connectivity index (χ3n) is 6.80. The van der Waals surface area contributed by atoms with Crippen molar-refractivity contribution in [3.05, 3.63) is 21.9 Å². The standard InChI is InChI=1S/C21H27BrO3/c1-20(2)9-6-10-21(3)15(20)8-7-13-16(21)12-11-14(23-4)19(24-5)17(22)18(12)25-13/h11,15H,6-10H2,1-5H3/t15-,21-/m0/s1. The van der Waals surface area contributed by atoms with E-state index in [0.717, 1.165) is 28.0 Å². The van der Waals surface area contributed by atoms with Gasteiger partial charge >= 0.3 is 0 Å². The molecular formula is C21H27BrO3. The van der Waals surface area contributed by atoms with Gasteiger partial charge in [-0.1, -0.05) is 27.2 Å². The molecule has 0 spiro atoms. The highest BCUT2D eigenvalue weighted by Gasteiger charge is 2.51. The molecule has 136 valence electrons. The molecule has 2 aliphatic carbocycles. The molecule has 0 saturated heterocycles. The van der Waals surface area contributed by atoms with Crippen LogP contribution in [0.15, 0.2) is 15.0 Å². The molecule has 1 saturated carbocycles. The molecule has 2 aliphatic rings. The largest absolute Gasteiger partial charge is 0.493 e. The molecule has 0 radical (unpaired) electrons. The summed E-state index contributed by atoms with van der Waals surface area (Å²) in [5.41, 5.74) is 2.85. The topological polar surface area (TPSA) is 31.6 Å². The lowest BCUT2D eigenvalue weighted by Crippen LogP contribution is -2.47. The van der Waals surface area contributed by atoms with Crippen LogP contribution in [0, 0.1) is 11.3 Å². The van der Waals surface area contributed by atoms with Crippen LogP contribution in [-0.4, -0.2) is 14.2 Å². The molecule has 1 aromatic carbocycles. The van der Waals surface area contributed by atoms with E-state index >= 15 is 0 Å². The van der Waals surface area contributed by atoms with Gasteiger partial charge in [0.25, 0.3) is 0 Å². The first kappa shape index (κ1) is 17.3. The summed E-state index contributed by atoms with van der Waals surface area (Å²) in [6.45, 7) is 7.35. The lowest BCUT2D eigenvalue weighted by molar-refractivity contribution is 0.0387. The lowest BCUT2D eigenvalue weighted by atomic mass is 9.51. The van der Waals surface area contributed by atoms with Gasteiger partial charge in [0.15, 0.2) is 17.1 Å². The summed E-state index contributed by atoms with van der Waals surface area (Å²) in [5, 5.41) is 1.18. The Morgan fingerprint density at radius 1 is 1.16 bits per heavy atom. The first-order chi connectivity index (χ1) is 11.8. The molecule has 2 atom stereocenters. The van der Waals surface area contributed by atoms with Gasteiger partial charge in [-0.3, -0.25) is 0 Å². The molecule has 25 heavy (non-hydrogen) atoms. The van der Waals surface area contributed by atoms with Crippen LogP contribution < -0.4 is 9.47 Å². The number of halogens is 1. The maximum Gasteiger partial charge on any atom is 0.178 e. The zero-order valence-electron chi connectivity index (χ0n) is 15.8. The number of furan rings is 1. The van der Waals surface area contributed by atoms with Crippen molar-refractivity contribution < 1.29 is 13.9 Å². The lowest BCUT2D eigenvalue weighted by Gasteiger charge is -2.53. The number of hydrogen-bond acceptors (Lipinski definition) is 3. The van der Waals surface area contributed by atoms with Gasteiger partial charge < -0.3 is 13.9 Å². The minimum atomic E-state index is 0.166. The quantitative estimate of drug-likeness (QED) is 0.590. The molecule has 0 aliphatic heterocycles. The maximum absolute atomic E-state index is 6.36. The van der Waals surface area contributed by atoms with Crippen molar-refractivity contribution in [2.24, 2.45) is 11.3 Å². The highest BCUT2D eigenvalue weighted by molar-refractivity contribution is 9.10. The fourth-order valence-corrected chi connectivity index (χ4v) is 6.40. The summed E-state index contributed by atoms with van der Waals surface area (Å²) < 4.78 is 18.4. The fraction of sp³-hybridized carbons (Fsp3) is 0.619. The van der Waals surface area contributed by atoms with Crippen LogP contribution in [0.25, 0.3) is 11.0 Å². The van der Waals surface area contributed by atoms with E-state index in [0.29, 0.717) is 17.1 Å². The van der Waals surface area contributed by atoms with Crippen molar-refractivity contribution in [3.8, 4) is 11.5 Å². The molecule has 3 nitrogen and oxygen atoms in total. The highest BCUT2D eigenvalue weighted by atomic mass is 79.9. The van der Waals surface area contributed by atoms with Gasteiger partial charge in [-0.05, 0) is 58.0 Å². The molecule has 0 N–H and O–H groups in total. The fourth-order valence-electron chi connectivity index (χ4n) is 5.75. The Kier molecular flexibility index (Phi) is 3.91. The number of hydrogen-bond donors (Lipinski definition) is 0. The smallest absolute Gasteiger partial charge is 0.178 e. The van der Waals surface area contributed by atoms with Crippen LogP contribution in [0.5, 0.6) is 11.5 Å². The Balaban J connectivity index is 2.00. The van der Waals surface area contributed by atoms with Crippen molar-refractivity contribution >= 4 is 26.9 Å². The Bertz CT molecular complexity index is 836. The van der Waals surface area contributed by atoms with E-state index in [4.69, 9.17) is 13.9 Å². The van der Waals surface area contributed by atoms with Crippen LogP contribution >= 0.6 is 15.9 Å². The van der Waals surface area contributed by atoms with Gasteiger partial charge in [0, 0.05) is 17.4 Å². The SMILES string of the molecule is COc1cc2c3c(oc2c(Br)c1OC)CC[C@H]1C(C)(C)CCC[C@]31C. The average molecular weight is 407 g/mol. The van der Waals surface area contributed by atoms with Crippen molar-refractivity contribution in [1.82, 2.24) is 0 Å². The van der Waals surface area contributed by atoms with E-state index in [-0.39, 0.29) is 5.41 Å². The zero-order chi connectivity index (χ0) is 18.0. The van der Waals surface area contributed by atoms with Crippen LogP contribution in [0.4, 0.5) is 0 Å². The molecule has 0 unspecified atom stereocenters. The maximum atomic E-state index is 6.36. The van der Waals surface area contributed by atoms with Crippen molar-refractivity contribution in [3.63, 3.8) is 0 Å². The van der Waals surface area contributed by atoms with Crippen LogP contribution in [0.3, 0.4) is 0 Å². The monoisotopic (exact) mass is 406 g/mol. The molecule has 4 rings (SSSR count). The van der Waals surface area contributed by atoms with Gasteiger partial charge in [-0.25, -0.2) is 0 Å². The van der Waals surface area contributed by atoms with Gasteiger partial charge in [-0.2, -0.15) is 0 Å². The number of aryl methyl sites for hydroxylation is 1. The second-order valence-corrected chi connectivity index (χ2v) is 9.35. The van der Waals surface area contributed by atoms with E-state index in [1.54, 1.807) is 14.2 Å². The molecular weight excluding hydrogens is 380 g/mol. The summed E-state index contributed by atoms with van der Waals surface area (Å²) in [7, 11) is 3.36. The number of ether oxygens (including phenoxy) is 2. The number of rotatable bonds is 2. The van der Waals surface area contributed by atoms with Gasteiger partial charge in [0.05, 0.1) is 14.2 Å². The first-order valence-corrected chi connectivity index (χ1v) is 9.99. The summed E-state index contributed by atoms with van der Waals surface area (Å²) in [4.78, 5) is 0. The van der Waals surface area contributed by atoms with Crippen molar-refractivity contribution in [1.29, 1.82) is 0 Å². The van der Waals surface area contributed by atoms with Crippen molar-refractivity contribution in [2.45, 2.75) is 58.3 Å². The number of methoxy groups -OCH3 is 2. The van der Waals surface area contributed by atoms with Crippen molar-refractivity contribution in [2.75, 3.05) is 14.2 Å². The number of benzene rings is 1. The number of fused-ring (bicyclic) bond motifs is 5. The molecule has 0 bridgehead atoms. The Hall–Kier alpha value is -1.16. The molecule has 2 aromatic rings. The predicted molar refractivity (Wildman–Crippen MR) is 104 cm³/mol. The van der Waals surface area contributed by atoms with E-state index in [1.165, 1.54) is 36.6 Å². The van der Waals surface area contributed by atoms with Crippen LogP contribution in [0.2, 0.25) is 0 Å². The zero-order valence-corrected chi connectivity index (χ0v) is 17.4. The third-order valence-corrected chi connectivity index (χ3v) is 7.52. The van der Waals surface area contributed by atoms with Gasteiger partial charge in [0.1, 0.15) is 10.2 Å². The molecule has 0 amide bonds. The average Bonchev–Trinajstić information content (AvgIpc) is 2.94. The Morgan fingerprint density at radius 2 is 1.92 bits per heavy atom. The summed E-state index contributed by atoms with van der Waals surface area (Å²) in [5.74, 6) is 3.30. The summed E-state index contributed by atoms with van der Waals surface area (Å²) in [6, 6.07) is 2.11. The second-order valence-electron chi connectivity index (χ2n) is 8.55. The Labute approximate surface area is 158 Å². The van der Waals surface area contributed by atoms with E-state index in [9.17, 15) is 0 Å². The van der Waals surface area contributed by atoms with E-state index in [1.807, 2.05) is 0 Å². The van der Waals surface area contributed by atoms with E-state index < -0.39 is 0 Å². The molecule has 1 fully saturated rings. The predicted octanol–water partition coefficient (Wildman–Crippen LogP) is 6.24. The van der Waals surface area contributed by atoms with E-state index in [2.05, 4.69) is 42.8 Å². The molecule has 4 heteroatoms. The first-order valence-electron chi connectivity index (χ1n) is 9.20. The van der Waals surface area contributed by atoms with Crippen LogP contribution in [-0.2, 0) is 11.8 Å². The summed E-state index contributed by atoms with van der Waals surface area (Å²) >= 11 is 3.69. The second kappa shape index (κ2) is 5.67. The normalized spacial score (nSPS) is 27.7.